The van der Waals surface area contributed by atoms with Gasteiger partial charge in [0.05, 0.1) is 12.7 Å². The molecule has 76 valence electrons. The fourth-order valence-corrected chi connectivity index (χ4v) is 0.592. The molecule has 3 nitrogen and oxygen atoms in total. The van der Waals surface area contributed by atoms with Gasteiger partial charge in [0.1, 0.15) is 0 Å². The molecule has 0 radical (unpaired) electrons. The van der Waals surface area contributed by atoms with Crippen molar-refractivity contribution in [3.8, 4) is 0 Å². The first-order valence-corrected chi connectivity index (χ1v) is 4.46. The average Bonchev–Trinajstić information content (AvgIpc) is 1.87. The number of rotatable bonds is 4. The van der Waals surface area contributed by atoms with Crippen molar-refractivity contribution in [1.82, 2.24) is 5.06 Å². The molecule has 0 aromatic carbocycles. The minimum Gasteiger partial charge on any atom is -0.379 e. The second kappa shape index (κ2) is 10.9. The van der Waals surface area contributed by atoms with Gasteiger partial charge >= 0.3 is 0 Å². The molecule has 0 aromatic heterocycles. The van der Waals surface area contributed by atoms with Crippen LogP contribution in [-0.2, 0) is 9.57 Å². The first-order chi connectivity index (χ1) is 5.54. The Balaban J connectivity index is 0. The van der Waals surface area contributed by atoms with Gasteiger partial charge in [-0.25, -0.2) is 0 Å². The molecule has 0 aliphatic heterocycles. The Bertz CT molecular complexity index is 64.9. The smallest absolute Gasteiger partial charge is 0.0656 e. The van der Waals surface area contributed by atoms with Gasteiger partial charge in [-0.3, -0.25) is 4.84 Å². The topological polar surface area (TPSA) is 21.7 Å². The van der Waals surface area contributed by atoms with Gasteiger partial charge in [0, 0.05) is 20.7 Å². The van der Waals surface area contributed by atoms with Crippen molar-refractivity contribution < 1.29 is 9.57 Å². The van der Waals surface area contributed by atoms with Crippen LogP contribution in [0.3, 0.4) is 0 Å². The molecule has 0 aliphatic carbocycles. The van der Waals surface area contributed by atoms with Crippen LogP contribution < -0.4 is 0 Å². The number of hydrogen-bond acceptors (Lipinski definition) is 3. The lowest BCUT2D eigenvalue weighted by atomic mass is 10.5. The van der Waals surface area contributed by atoms with Crippen molar-refractivity contribution in [1.29, 1.82) is 0 Å². The molecule has 0 heterocycles. The van der Waals surface area contributed by atoms with Gasteiger partial charge in [0.15, 0.2) is 0 Å². The van der Waals surface area contributed by atoms with Crippen LogP contribution in [0.15, 0.2) is 0 Å². The van der Waals surface area contributed by atoms with Crippen LogP contribution in [0.1, 0.15) is 27.7 Å². The Kier molecular flexibility index (Phi) is 13.1. The van der Waals surface area contributed by atoms with Crippen molar-refractivity contribution in [3.63, 3.8) is 0 Å². The lowest BCUT2D eigenvalue weighted by Crippen LogP contribution is -2.11. The molecule has 0 aromatic rings. The summed E-state index contributed by atoms with van der Waals surface area (Å²) in [6, 6.07) is 0. The lowest BCUT2D eigenvalue weighted by Gasteiger charge is -2.05. The molecule has 0 saturated heterocycles. The summed E-state index contributed by atoms with van der Waals surface area (Å²) in [4.78, 5) is 4.88. The summed E-state index contributed by atoms with van der Waals surface area (Å²) in [5, 5.41) is 1.68. The normalized spacial score (nSPS) is 10.0. The third kappa shape index (κ3) is 22.5. The lowest BCUT2D eigenvalue weighted by molar-refractivity contribution is -0.113. The van der Waals surface area contributed by atoms with Crippen molar-refractivity contribution in [2.24, 2.45) is 0 Å². The molecule has 0 saturated carbocycles. The van der Waals surface area contributed by atoms with Crippen molar-refractivity contribution in [2.45, 2.75) is 33.8 Å². The van der Waals surface area contributed by atoms with E-state index in [0.717, 1.165) is 13.2 Å². The van der Waals surface area contributed by atoms with Gasteiger partial charge in [0.2, 0.25) is 0 Å². The van der Waals surface area contributed by atoms with Crippen LogP contribution in [-0.4, -0.2) is 38.5 Å². The monoisotopic (exact) mass is 177 g/mol. The maximum Gasteiger partial charge on any atom is 0.0656 e. The zero-order valence-electron chi connectivity index (χ0n) is 9.26. The Labute approximate surface area is 76.6 Å². The number of hydroxylamine groups is 2. The van der Waals surface area contributed by atoms with Crippen LogP contribution in [0.5, 0.6) is 0 Å². The fraction of sp³-hybridized carbons (Fsp3) is 1.00. The summed E-state index contributed by atoms with van der Waals surface area (Å²) in [7, 11) is 3.73. The zero-order valence-corrected chi connectivity index (χ0v) is 9.26. The highest BCUT2D eigenvalue weighted by molar-refractivity contribution is 4.30. The maximum atomic E-state index is 5.04. The average molecular weight is 177 g/mol. The Morgan fingerprint density at radius 1 is 1.08 bits per heavy atom. The van der Waals surface area contributed by atoms with Crippen LogP contribution in [0.25, 0.3) is 0 Å². The van der Waals surface area contributed by atoms with E-state index in [1.54, 1.807) is 5.06 Å². The minimum absolute atomic E-state index is 0.398. The van der Waals surface area contributed by atoms with E-state index in [0.29, 0.717) is 6.10 Å². The first kappa shape index (κ1) is 14.4. The minimum atomic E-state index is 0.398. The summed E-state index contributed by atoms with van der Waals surface area (Å²) in [6.45, 7) is 9.61. The third-order valence-electron chi connectivity index (χ3n) is 0.887. The molecule has 0 spiro atoms. The van der Waals surface area contributed by atoms with Gasteiger partial charge in [-0.15, -0.1) is 0 Å². The van der Waals surface area contributed by atoms with E-state index in [1.807, 2.05) is 41.8 Å². The zero-order chi connectivity index (χ0) is 9.98. The highest BCUT2D eigenvalue weighted by Gasteiger charge is 1.83. The second-order valence-electron chi connectivity index (χ2n) is 2.73. The Morgan fingerprint density at radius 2 is 1.58 bits per heavy atom. The van der Waals surface area contributed by atoms with E-state index < -0.39 is 0 Å². The predicted molar refractivity (Wildman–Crippen MR) is 52.1 cm³/mol. The molecule has 12 heavy (non-hydrogen) atoms. The molecule has 0 amide bonds. The fourth-order valence-electron chi connectivity index (χ4n) is 0.592. The van der Waals surface area contributed by atoms with Gasteiger partial charge in [-0.05, 0) is 27.7 Å². The van der Waals surface area contributed by atoms with Crippen molar-refractivity contribution >= 4 is 0 Å². The molecule has 0 atom stereocenters. The molecular formula is C9H23NO2. The first-order valence-electron chi connectivity index (χ1n) is 4.46. The number of nitrogens with zero attached hydrogens (tertiary/aromatic N) is 1. The summed E-state index contributed by atoms with van der Waals surface area (Å²) in [5.74, 6) is 0. The van der Waals surface area contributed by atoms with Gasteiger partial charge in [-0.2, -0.15) is 5.06 Å². The van der Waals surface area contributed by atoms with Gasteiger partial charge in [-0.1, -0.05) is 0 Å². The Morgan fingerprint density at radius 3 is 1.58 bits per heavy atom. The Hall–Kier alpha value is -0.120. The van der Waals surface area contributed by atoms with Crippen molar-refractivity contribution in [2.75, 3.05) is 27.3 Å². The van der Waals surface area contributed by atoms with Crippen LogP contribution in [0.4, 0.5) is 0 Å². The summed E-state index contributed by atoms with van der Waals surface area (Å²) >= 11 is 0. The van der Waals surface area contributed by atoms with Crippen LogP contribution in [0, 0.1) is 0 Å². The highest BCUT2D eigenvalue weighted by atomic mass is 16.7. The van der Waals surface area contributed by atoms with Crippen molar-refractivity contribution in [3.05, 3.63) is 0 Å². The molecule has 0 rings (SSSR count). The van der Waals surface area contributed by atoms with E-state index in [4.69, 9.17) is 9.57 Å². The molecule has 0 bridgehead atoms. The van der Waals surface area contributed by atoms with E-state index in [9.17, 15) is 0 Å². The quantitative estimate of drug-likeness (QED) is 0.612. The molecule has 0 fully saturated rings. The summed E-state index contributed by atoms with van der Waals surface area (Å²) in [6.07, 6.45) is 0.398. The van der Waals surface area contributed by atoms with E-state index in [-0.39, 0.29) is 0 Å². The summed E-state index contributed by atoms with van der Waals surface area (Å²) in [5.41, 5.74) is 0. The van der Waals surface area contributed by atoms with Gasteiger partial charge in [0.25, 0.3) is 0 Å². The van der Waals surface area contributed by atoms with Crippen LogP contribution >= 0.6 is 0 Å². The molecule has 3 heteroatoms. The predicted octanol–water partition coefficient (Wildman–Crippen LogP) is 1.93. The molecule has 0 aliphatic rings. The standard InChI is InChI=1S/C5H12O.C4H11NO/c2*1-4-6-5(2)3/h5H,4H2,1-3H3;4H2,1-3H3. The molecule has 0 N–H and O–H groups in total. The van der Waals surface area contributed by atoms with E-state index >= 15 is 0 Å². The van der Waals surface area contributed by atoms with Crippen LogP contribution in [0.2, 0.25) is 0 Å². The van der Waals surface area contributed by atoms with E-state index in [1.165, 1.54) is 0 Å². The SMILES string of the molecule is CCOC(C)C.CCON(C)C. The summed E-state index contributed by atoms with van der Waals surface area (Å²) < 4.78 is 5.04. The van der Waals surface area contributed by atoms with Gasteiger partial charge < -0.3 is 4.74 Å². The van der Waals surface area contributed by atoms with E-state index in [2.05, 4.69) is 0 Å². The molecule has 0 unspecified atom stereocenters. The number of ether oxygens (including phenoxy) is 1. The second-order valence-corrected chi connectivity index (χ2v) is 2.73. The molecular weight excluding hydrogens is 154 g/mol. The highest BCUT2D eigenvalue weighted by Crippen LogP contribution is 1.83. The third-order valence-corrected chi connectivity index (χ3v) is 0.887. The largest absolute Gasteiger partial charge is 0.379 e. The number of hydrogen-bond donors (Lipinski definition) is 0. The maximum absolute atomic E-state index is 5.04.